The largest absolute Gasteiger partial charge is 0.377 e. The highest BCUT2D eigenvalue weighted by atomic mass is 35.5. The first-order chi connectivity index (χ1) is 10.8. The molecule has 0 aliphatic heterocycles. The molecule has 0 radical (unpaired) electrons. The molecule has 124 valence electrons. The summed E-state index contributed by atoms with van der Waals surface area (Å²) in [6.45, 7) is 10.4. The van der Waals surface area contributed by atoms with E-state index < -0.39 is 0 Å². The molecular formula is C19H26ClN3. The van der Waals surface area contributed by atoms with Crippen molar-refractivity contribution in [2.45, 2.75) is 45.4 Å². The minimum atomic E-state index is -0.0882. The number of halogens is 1. The number of rotatable bonds is 6. The Kier molecular flexibility index (Phi) is 5.30. The number of fused-ring (bicyclic) bond motifs is 1. The number of aromatic nitrogens is 2. The highest BCUT2D eigenvalue weighted by molar-refractivity contribution is 6.34. The predicted molar refractivity (Wildman–Crippen MR) is 101 cm³/mol. The van der Waals surface area contributed by atoms with Crippen molar-refractivity contribution in [3.05, 3.63) is 41.3 Å². The van der Waals surface area contributed by atoms with E-state index in [1.54, 1.807) is 0 Å². The van der Waals surface area contributed by atoms with Crippen molar-refractivity contribution < 1.29 is 0 Å². The quantitative estimate of drug-likeness (QED) is 0.532. The smallest absolute Gasteiger partial charge is 0.140 e. The second kappa shape index (κ2) is 6.88. The zero-order valence-corrected chi connectivity index (χ0v) is 15.5. The van der Waals surface area contributed by atoms with E-state index in [0.717, 1.165) is 29.4 Å². The van der Waals surface area contributed by atoms with Crippen LogP contribution in [0.3, 0.4) is 0 Å². The standard InChI is InChI=1S/C19H26ClN3/c1-7-9-10-19(4,8-2)15-12-16-14(11-17(15)23(5)6)18(20)22-13(3)21-16/h8,11-12H,2,7,9-10H2,1,3-6H3. The van der Waals surface area contributed by atoms with Gasteiger partial charge in [-0.1, -0.05) is 44.4 Å². The SMILES string of the molecule is C=CC(C)(CCCC)c1cc2nc(C)nc(Cl)c2cc1N(C)C. The van der Waals surface area contributed by atoms with Crippen LogP contribution in [-0.4, -0.2) is 24.1 Å². The Morgan fingerprint density at radius 1 is 1.30 bits per heavy atom. The number of nitrogens with zero attached hydrogens (tertiary/aromatic N) is 3. The number of hydrogen-bond acceptors (Lipinski definition) is 3. The summed E-state index contributed by atoms with van der Waals surface area (Å²) in [7, 11) is 4.11. The highest BCUT2D eigenvalue weighted by Crippen LogP contribution is 2.39. The van der Waals surface area contributed by atoms with Crippen molar-refractivity contribution in [3.8, 4) is 0 Å². The molecule has 1 atom stereocenters. The maximum absolute atomic E-state index is 6.33. The molecule has 0 spiro atoms. The van der Waals surface area contributed by atoms with Crippen molar-refractivity contribution >= 4 is 28.2 Å². The molecule has 2 rings (SSSR count). The van der Waals surface area contributed by atoms with Crippen molar-refractivity contribution in [2.24, 2.45) is 0 Å². The molecule has 4 heteroatoms. The van der Waals surface area contributed by atoms with Crippen LogP contribution in [-0.2, 0) is 5.41 Å². The summed E-state index contributed by atoms with van der Waals surface area (Å²) < 4.78 is 0. The van der Waals surface area contributed by atoms with Crippen molar-refractivity contribution in [1.82, 2.24) is 9.97 Å². The Labute approximate surface area is 144 Å². The minimum absolute atomic E-state index is 0.0882. The zero-order chi connectivity index (χ0) is 17.2. The lowest BCUT2D eigenvalue weighted by atomic mass is 9.77. The number of aryl methyl sites for hydroxylation is 1. The summed E-state index contributed by atoms with van der Waals surface area (Å²) in [5.41, 5.74) is 3.19. The molecule has 1 heterocycles. The number of anilines is 1. The summed E-state index contributed by atoms with van der Waals surface area (Å²) in [4.78, 5) is 11.0. The molecule has 0 aliphatic rings. The van der Waals surface area contributed by atoms with Crippen LogP contribution in [0.1, 0.15) is 44.5 Å². The van der Waals surface area contributed by atoms with E-state index in [0.29, 0.717) is 11.0 Å². The molecule has 3 nitrogen and oxygen atoms in total. The second-order valence-corrected chi connectivity index (χ2v) is 6.93. The third kappa shape index (κ3) is 3.50. The van der Waals surface area contributed by atoms with Crippen LogP contribution in [0, 0.1) is 6.92 Å². The average molecular weight is 332 g/mol. The van der Waals surface area contributed by atoms with E-state index in [1.165, 1.54) is 12.0 Å². The lowest BCUT2D eigenvalue weighted by Crippen LogP contribution is -2.23. The normalized spacial score (nSPS) is 13.8. The molecule has 2 aromatic rings. The molecular weight excluding hydrogens is 306 g/mol. The van der Waals surface area contributed by atoms with Gasteiger partial charge >= 0.3 is 0 Å². The fourth-order valence-electron chi connectivity index (χ4n) is 2.95. The van der Waals surface area contributed by atoms with Crippen LogP contribution in [0.15, 0.2) is 24.8 Å². The van der Waals surface area contributed by atoms with Gasteiger partial charge in [-0.2, -0.15) is 0 Å². The maximum Gasteiger partial charge on any atom is 0.140 e. The van der Waals surface area contributed by atoms with Gasteiger partial charge in [0.25, 0.3) is 0 Å². The van der Waals surface area contributed by atoms with Crippen LogP contribution in [0.4, 0.5) is 5.69 Å². The molecule has 0 saturated heterocycles. The second-order valence-electron chi connectivity index (χ2n) is 6.57. The van der Waals surface area contributed by atoms with E-state index >= 15 is 0 Å². The molecule has 1 unspecified atom stereocenters. The molecule has 0 saturated carbocycles. The maximum atomic E-state index is 6.33. The van der Waals surface area contributed by atoms with Crippen LogP contribution in [0.5, 0.6) is 0 Å². The van der Waals surface area contributed by atoms with Gasteiger partial charge in [-0.15, -0.1) is 6.58 Å². The summed E-state index contributed by atoms with van der Waals surface area (Å²) in [5.74, 6) is 0.694. The van der Waals surface area contributed by atoms with Gasteiger partial charge in [0.15, 0.2) is 0 Å². The van der Waals surface area contributed by atoms with Gasteiger partial charge in [0.05, 0.1) is 5.52 Å². The van der Waals surface area contributed by atoms with Gasteiger partial charge in [-0.25, -0.2) is 9.97 Å². The molecule has 0 aliphatic carbocycles. The van der Waals surface area contributed by atoms with Crippen molar-refractivity contribution in [3.63, 3.8) is 0 Å². The van der Waals surface area contributed by atoms with Gasteiger partial charge in [-0.3, -0.25) is 0 Å². The molecule has 1 aromatic heterocycles. The Morgan fingerprint density at radius 3 is 2.57 bits per heavy atom. The molecule has 23 heavy (non-hydrogen) atoms. The third-order valence-corrected chi connectivity index (χ3v) is 4.76. The number of allylic oxidation sites excluding steroid dienone is 1. The monoisotopic (exact) mass is 331 g/mol. The third-order valence-electron chi connectivity index (χ3n) is 4.48. The van der Waals surface area contributed by atoms with E-state index in [9.17, 15) is 0 Å². The van der Waals surface area contributed by atoms with Crippen LogP contribution >= 0.6 is 11.6 Å². The number of hydrogen-bond donors (Lipinski definition) is 0. The Balaban J connectivity index is 2.74. The first-order valence-corrected chi connectivity index (χ1v) is 8.49. The summed E-state index contributed by atoms with van der Waals surface area (Å²) in [6, 6.07) is 4.25. The van der Waals surface area contributed by atoms with Crippen molar-refractivity contribution in [2.75, 3.05) is 19.0 Å². The molecule has 0 amide bonds. The predicted octanol–water partition coefficient (Wildman–Crippen LogP) is 5.29. The van der Waals surface area contributed by atoms with Gasteiger partial charge in [0, 0.05) is 30.6 Å². The van der Waals surface area contributed by atoms with Gasteiger partial charge in [-0.05, 0) is 31.0 Å². The lowest BCUT2D eigenvalue weighted by Gasteiger charge is -2.31. The molecule has 0 fully saturated rings. The lowest BCUT2D eigenvalue weighted by molar-refractivity contribution is 0.512. The van der Waals surface area contributed by atoms with E-state index in [2.05, 4.69) is 67.6 Å². The zero-order valence-electron chi connectivity index (χ0n) is 14.8. The fourth-order valence-corrected chi connectivity index (χ4v) is 3.23. The summed E-state index contributed by atoms with van der Waals surface area (Å²) in [6.07, 6.45) is 5.46. The van der Waals surface area contributed by atoms with Gasteiger partial charge in [0.1, 0.15) is 11.0 Å². The highest BCUT2D eigenvalue weighted by Gasteiger charge is 2.27. The molecule has 0 N–H and O–H groups in total. The van der Waals surface area contributed by atoms with Gasteiger partial charge in [0.2, 0.25) is 0 Å². The van der Waals surface area contributed by atoms with E-state index in [4.69, 9.17) is 11.6 Å². The number of unbranched alkanes of at least 4 members (excludes halogenated alkanes) is 1. The molecule has 1 aromatic carbocycles. The average Bonchev–Trinajstić information content (AvgIpc) is 2.51. The number of benzene rings is 1. The fraction of sp³-hybridized carbons (Fsp3) is 0.474. The van der Waals surface area contributed by atoms with Crippen LogP contribution in [0.25, 0.3) is 10.9 Å². The minimum Gasteiger partial charge on any atom is -0.377 e. The first kappa shape index (κ1) is 17.7. The summed E-state index contributed by atoms with van der Waals surface area (Å²) >= 11 is 6.33. The van der Waals surface area contributed by atoms with Crippen LogP contribution < -0.4 is 4.90 Å². The topological polar surface area (TPSA) is 29.0 Å². The van der Waals surface area contributed by atoms with E-state index in [1.807, 2.05) is 6.92 Å². The van der Waals surface area contributed by atoms with Gasteiger partial charge < -0.3 is 4.90 Å². The van der Waals surface area contributed by atoms with Crippen molar-refractivity contribution in [1.29, 1.82) is 0 Å². The Morgan fingerprint density at radius 2 is 2.00 bits per heavy atom. The van der Waals surface area contributed by atoms with Crippen LogP contribution in [0.2, 0.25) is 5.15 Å². The Bertz CT molecular complexity index is 724. The Hall–Kier alpha value is -1.61. The van der Waals surface area contributed by atoms with E-state index in [-0.39, 0.29) is 5.41 Å². The summed E-state index contributed by atoms with van der Waals surface area (Å²) in [5, 5.41) is 1.41. The molecule has 0 bridgehead atoms. The first-order valence-electron chi connectivity index (χ1n) is 8.11.